The van der Waals surface area contributed by atoms with Gasteiger partial charge in [-0.2, -0.15) is 0 Å². The van der Waals surface area contributed by atoms with Crippen LogP contribution in [-0.2, 0) is 4.79 Å². The van der Waals surface area contributed by atoms with Crippen LogP contribution in [0.5, 0.6) is 0 Å². The van der Waals surface area contributed by atoms with Gasteiger partial charge >= 0.3 is 0 Å². The Morgan fingerprint density at radius 2 is 1.67 bits per heavy atom. The smallest absolute Gasteiger partial charge is 0.261 e. The Morgan fingerprint density at radius 3 is 2.23 bits per heavy atom. The van der Waals surface area contributed by atoms with Crippen LogP contribution in [0.15, 0.2) is 18.2 Å². The van der Waals surface area contributed by atoms with Gasteiger partial charge in [0.2, 0.25) is 5.91 Å². The second-order valence-electron chi connectivity index (χ2n) is 9.70. The van der Waals surface area contributed by atoms with Gasteiger partial charge in [0.1, 0.15) is 0 Å². The summed E-state index contributed by atoms with van der Waals surface area (Å²) in [6.07, 6.45) is 1.91. The van der Waals surface area contributed by atoms with Crippen molar-refractivity contribution >= 4 is 23.6 Å². The molecule has 3 rings (SSSR count). The fourth-order valence-corrected chi connectivity index (χ4v) is 3.98. The van der Waals surface area contributed by atoms with Gasteiger partial charge in [-0.15, -0.1) is 0 Å². The van der Waals surface area contributed by atoms with E-state index in [1.54, 1.807) is 26.0 Å². The number of nitrogens with zero attached hydrogens (tertiary/aromatic N) is 2. The molecular weight excluding hydrogens is 382 g/mol. The first-order valence-electron chi connectivity index (χ1n) is 10.6. The first-order chi connectivity index (χ1) is 14.0. The van der Waals surface area contributed by atoms with E-state index in [1.165, 1.54) is 11.0 Å². The van der Waals surface area contributed by atoms with Crippen molar-refractivity contribution < 1.29 is 19.2 Å². The van der Waals surface area contributed by atoms with Crippen molar-refractivity contribution in [2.45, 2.75) is 66.0 Å². The monoisotopic (exact) mass is 413 g/mol. The number of fused-ring (bicyclic) bond motifs is 1. The number of nitrogens with one attached hydrogen (secondary N) is 1. The number of piperidine rings is 1. The molecule has 4 amide bonds. The molecule has 2 aliphatic rings. The summed E-state index contributed by atoms with van der Waals surface area (Å²) in [6.45, 7) is 11.0. The molecule has 162 valence electrons. The van der Waals surface area contributed by atoms with Crippen LogP contribution in [0.1, 0.15) is 85.0 Å². The largest absolute Gasteiger partial charge is 0.349 e. The fraction of sp³-hybridized carbons (Fsp3) is 0.565. The second kappa shape index (κ2) is 8.20. The maximum absolute atomic E-state index is 12.7. The van der Waals surface area contributed by atoms with Crippen LogP contribution in [0, 0.1) is 5.41 Å². The highest BCUT2D eigenvalue weighted by Crippen LogP contribution is 2.26. The zero-order valence-corrected chi connectivity index (χ0v) is 18.4. The Hall–Kier alpha value is -2.70. The Morgan fingerprint density at radius 1 is 1.07 bits per heavy atom. The Kier molecular flexibility index (Phi) is 6.01. The van der Waals surface area contributed by atoms with E-state index in [9.17, 15) is 19.2 Å². The molecule has 2 aliphatic heterocycles. The third kappa shape index (κ3) is 4.55. The third-order valence-electron chi connectivity index (χ3n) is 5.56. The van der Waals surface area contributed by atoms with E-state index >= 15 is 0 Å². The number of benzene rings is 1. The maximum atomic E-state index is 12.7. The van der Waals surface area contributed by atoms with E-state index in [0.29, 0.717) is 43.5 Å². The number of rotatable bonds is 4. The van der Waals surface area contributed by atoms with Crippen LogP contribution in [0.2, 0.25) is 0 Å². The summed E-state index contributed by atoms with van der Waals surface area (Å²) in [4.78, 5) is 53.1. The van der Waals surface area contributed by atoms with Crippen molar-refractivity contribution in [2.24, 2.45) is 5.41 Å². The lowest BCUT2D eigenvalue weighted by molar-refractivity contribution is -0.134. The Balaban J connectivity index is 1.60. The summed E-state index contributed by atoms with van der Waals surface area (Å²) in [6, 6.07) is 4.40. The Labute approximate surface area is 177 Å². The van der Waals surface area contributed by atoms with Gasteiger partial charge in [-0.05, 0) is 50.3 Å². The minimum absolute atomic E-state index is 0.0195. The predicted octanol–water partition coefficient (Wildman–Crippen LogP) is 2.85. The average molecular weight is 414 g/mol. The van der Waals surface area contributed by atoms with Gasteiger partial charge in [0.15, 0.2) is 0 Å². The molecule has 0 radical (unpaired) electrons. The number of hydrogen-bond acceptors (Lipinski definition) is 4. The fourth-order valence-electron chi connectivity index (χ4n) is 3.98. The zero-order valence-electron chi connectivity index (χ0n) is 18.4. The van der Waals surface area contributed by atoms with Crippen LogP contribution < -0.4 is 5.32 Å². The van der Waals surface area contributed by atoms with E-state index in [0.717, 1.165) is 0 Å². The zero-order chi connectivity index (χ0) is 22.2. The lowest BCUT2D eigenvalue weighted by Gasteiger charge is -2.34. The highest BCUT2D eigenvalue weighted by Gasteiger charge is 2.37. The minimum Gasteiger partial charge on any atom is -0.349 e. The van der Waals surface area contributed by atoms with Crippen LogP contribution in [0.25, 0.3) is 0 Å². The average Bonchev–Trinajstić information content (AvgIpc) is 2.91. The van der Waals surface area contributed by atoms with Gasteiger partial charge in [0.25, 0.3) is 17.7 Å². The summed E-state index contributed by atoms with van der Waals surface area (Å²) in [5.74, 6) is -0.779. The predicted molar refractivity (Wildman–Crippen MR) is 113 cm³/mol. The molecule has 0 atom stereocenters. The van der Waals surface area contributed by atoms with Crippen molar-refractivity contribution in [3.63, 3.8) is 0 Å². The first kappa shape index (κ1) is 22.0. The molecule has 1 aromatic rings. The summed E-state index contributed by atoms with van der Waals surface area (Å²) >= 11 is 0. The molecule has 0 unspecified atom stereocenters. The molecule has 1 fully saturated rings. The molecule has 0 aromatic heterocycles. The molecule has 1 saturated heterocycles. The van der Waals surface area contributed by atoms with Crippen molar-refractivity contribution in [1.82, 2.24) is 15.1 Å². The molecule has 1 N–H and O–H groups in total. The second-order valence-corrected chi connectivity index (χ2v) is 9.70. The summed E-state index contributed by atoms with van der Waals surface area (Å²) in [5.41, 5.74) is 0.950. The minimum atomic E-state index is -0.356. The summed E-state index contributed by atoms with van der Waals surface area (Å²) in [5, 5.41) is 3.01. The van der Waals surface area contributed by atoms with E-state index in [-0.39, 0.29) is 46.7 Å². The molecule has 1 aromatic carbocycles. The van der Waals surface area contributed by atoms with E-state index in [2.05, 4.69) is 5.32 Å². The van der Waals surface area contributed by atoms with Crippen molar-refractivity contribution in [1.29, 1.82) is 0 Å². The molecule has 0 bridgehead atoms. The lowest BCUT2D eigenvalue weighted by atomic mass is 9.91. The van der Waals surface area contributed by atoms with Crippen molar-refractivity contribution in [3.05, 3.63) is 34.9 Å². The molecule has 0 aliphatic carbocycles. The summed E-state index contributed by atoms with van der Waals surface area (Å²) < 4.78 is 0. The van der Waals surface area contributed by atoms with Crippen LogP contribution in [0.4, 0.5) is 0 Å². The lowest BCUT2D eigenvalue weighted by Crippen LogP contribution is -2.47. The molecular formula is C23H31N3O4. The van der Waals surface area contributed by atoms with Gasteiger partial charge in [0.05, 0.1) is 11.1 Å². The summed E-state index contributed by atoms with van der Waals surface area (Å²) in [7, 11) is 0. The highest BCUT2D eigenvalue weighted by atomic mass is 16.2. The highest BCUT2D eigenvalue weighted by molar-refractivity contribution is 6.22. The molecule has 30 heavy (non-hydrogen) atoms. The number of imide groups is 1. The number of carbonyl (C=O) groups excluding carboxylic acids is 4. The molecule has 7 heteroatoms. The molecule has 0 spiro atoms. The number of hydrogen-bond donors (Lipinski definition) is 1. The molecule has 0 saturated carbocycles. The third-order valence-corrected chi connectivity index (χ3v) is 5.56. The number of carbonyl (C=O) groups is 4. The molecule has 2 heterocycles. The number of likely N-dealkylation sites (tertiary alicyclic amines) is 1. The van der Waals surface area contributed by atoms with Crippen molar-refractivity contribution in [3.8, 4) is 0 Å². The quantitative estimate of drug-likeness (QED) is 0.769. The van der Waals surface area contributed by atoms with Gasteiger partial charge in [-0.1, -0.05) is 20.8 Å². The SMILES string of the molecule is CC(C)N1C(=O)c2ccc(C(=O)NC3CCN(C(=O)CC(C)(C)C)CC3)cc2C1=O. The van der Waals surface area contributed by atoms with Crippen LogP contribution >= 0.6 is 0 Å². The van der Waals surface area contributed by atoms with E-state index < -0.39 is 0 Å². The van der Waals surface area contributed by atoms with Crippen LogP contribution in [0.3, 0.4) is 0 Å². The Bertz CT molecular complexity index is 877. The van der Waals surface area contributed by atoms with Gasteiger partial charge in [-0.25, -0.2) is 0 Å². The van der Waals surface area contributed by atoms with Gasteiger partial charge < -0.3 is 10.2 Å². The van der Waals surface area contributed by atoms with E-state index in [1.807, 2.05) is 25.7 Å². The van der Waals surface area contributed by atoms with Crippen LogP contribution in [-0.4, -0.2) is 58.6 Å². The maximum Gasteiger partial charge on any atom is 0.261 e. The standard InChI is InChI=1S/C23H31N3O4/c1-14(2)26-21(29)17-7-6-15(12-18(17)22(26)30)20(28)24-16-8-10-25(11-9-16)19(27)13-23(3,4)5/h6-7,12,14,16H,8-11,13H2,1-5H3,(H,24,28). The molecule has 7 nitrogen and oxygen atoms in total. The number of amides is 4. The first-order valence-corrected chi connectivity index (χ1v) is 10.6. The normalized spacial score (nSPS) is 17.5. The van der Waals surface area contributed by atoms with Gasteiger partial charge in [0, 0.05) is 37.2 Å². The van der Waals surface area contributed by atoms with Gasteiger partial charge in [-0.3, -0.25) is 24.1 Å². The van der Waals surface area contributed by atoms with Crippen molar-refractivity contribution in [2.75, 3.05) is 13.1 Å². The van der Waals surface area contributed by atoms with E-state index in [4.69, 9.17) is 0 Å². The topological polar surface area (TPSA) is 86.8 Å².